The van der Waals surface area contributed by atoms with E-state index in [1.807, 2.05) is 0 Å². The van der Waals surface area contributed by atoms with Crippen molar-refractivity contribution in [3.05, 3.63) is 48.3 Å². The first-order chi connectivity index (χ1) is 8.93. The first-order valence-electron chi connectivity index (χ1n) is 5.24. The van der Waals surface area contributed by atoms with Gasteiger partial charge in [0.25, 0.3) is 0 Å². The minimum atomic E-state index is -4.70. The Labute approximate surface area is 105 Å². The maximum Gasteiger partial charge on any atom is 0.369 e. The van der Waals surface area contributed by atoms with Crippen LogP contribution in [-0.2, 0) is 0 Å². The van der Waals surface area contributed by atoms with E-state index in [1.54, 1.807) is 30.3 Å². The molecule has 3 nitrogen and oxygen atoms in total. The van der Waals surface area contributed by atoms with Crippen LogP contribution in [0.5, 0.6) is 0 Å². The second-order valence-corrected chi connectivity index (χ2v) is 3.76. The van der Waals surface area contributed by atoms with Crippen LogP contribution in [0.4, 0.5) is 17.6 Å². The molecule has 0 saturated heterocycles. The number of ketones is 1. The second kappa shape index (κ2) is 4.83. The lowest BCUT2D eigenvalue weighted by molar-refractivity contribution is -0.0958. The highest BCUT2D eigenvalue weighted by molar-refractivity contribution is 6.01. The zero-order chi connectivity index (χ0) is 14.0. The first kappa shape index (κ1) is 13.3. The first-order valence-corrected chi connectivity index (χ1v) is 5.24. The van der Waals surface area contributed by atoms with Gasteiger partial charge >= 0.3 is 12.3 Å². The quantitative estimate of drug-likeness (QED) is 0.633. The van der Waals surface area contributed by atoms with Gasteiger partial charge in [-0.05, 0) is 12.1 Å². The number of hydrogen-bond acceptors (Lipinski definition) is 2. The van der Waals surface area contributed by atoms with E-state index >= 15 is 0 Å². The molecule has 19 heavy (non-hydrogen) atoms. The van der Waals surface area contributed by atoms with Crippen molar-refractivity contribution in [2.45, 2.75) is 12.3 Å². The average molecular weight is 272 g/mol. The molecule has 0 saturated carbocycles. The summed E-state index contributed by atoms with van der Waals surface area (Å²) in [4.78, 5) is 11.3. The summed E-state index contributed by atoms with van der Waals surface area (Å²) in [6.07, 6.45) is -2.21. The number of hydrogen-bond donors (Lipinski definition) is 0. The summed E-state index contributed by atoms with van der Waals surface area (Å²) in [5.41, 5.74) is -0.0314. The van der Waals surface area contributed by atoms with Crippen molar-refractivity contribution in [2.75, 3.05) is 0 Å². The Kier molecular flexibility index (Phi) is 3.37. The van der Waals surface area contributed by atoms with Gasteiger partial charge in [-0.3, -0.25) is 4.79 Å². The Bertz CT molecular complexity index is 580. The van der Waals surface area contributed by atoms with E-state index in [1.165, 1.54) is 0 Å². The maximum atomic E-state index is 12.9. The van der Waals surface area contributed by atoms with Gasteiger partial charge in [-0.15, -0.1) is 0 Å². The summed E-state index contributed by atoms with van der Waals surface area (Å²) in [5, 5.41) is 3.70. The predicted molar refractivity (Wildman–Crippen MR) is 58.8 cm³/mol. The molecule has 0 spiro atoms. The van der Waals surface area contributed by atoms with E-state index in [9.17, 15) is 22.4 Å². The number of aromatic nitrogens is 2. The fraction of sp³-hybridized carbons (Fsp3) is 0.167. The van der Waals surface area contributed by atoms with Crippen molar-refractivity contribution in [2.24, 2.45) is 0 Å². The zero-order valence-corrected chi connectivity index (χ0v) is 9.43. The third kappa shape index (κ3) is 2.49. The van der Waals surface area contributed by atoms with Gasteiger partial charge in [0.2, 0.25) is 5.78 Å². The maximum absolute atomic E-state index is 12.9. The number of rotatable bonds is 4. The number of Topliss-reactive ketones (excluding diaryl/α,β-unsaturated/α-hetero) is 1. The molecule has 0 radical (unpaired) electrons. The normalized spacial score (nSPS) is 11.8. The predicted octanol–water partition coefficient (Wildman–Crippen LogP) is 2.96. The van der Waals surface area contributed by atoms with Crippen LogP contribution in [0.15, 0.2) is 42.7 Å². The van der Waals surface area contributed by atoms with Gasteiger partial charge in [0, 0.05) is 6.20 Å². The second-order valence-electron chi connectivity index (χ2n) is 3.76. The number of halogens is 4. The molecule has 7 heteroatoms. The smallest absolute Gasteiger partial charge is 0.287 e. The molecular weight excluding hydrogens is 264 g/mol. The highest BCUT2D eigenvalue weighted by Crippen LogP contribution is 2.27. The summed E-state index contributed by atoms with van der Waals surface area (Å²) in [6.45, 7) is 0. The van der Waals surface area contributed by atoms with E-state index in [0.717, 1.165) is 17.1 Å². The summed E-state index contributed by atoms with van der Waals surface area (Å²) < 4.78 is 51.1. The number of nitrogens with zero attached hydrogens (tertiary/aromatic N) is 2. The van der Waals surface area contributed by atoms with Crippen LogP contribution >= 0.6 is 0 Å². The lowest BCUT2D eigenvalue weighted by Gasteiger charge is -2.11. The molecule has 2 aromatic rings. The van der Waals surface area contributed by atoms with E-state index in [0.29, 0.717) is 5.69 Å². The van der Waals surface area contributed by atoms with E-state index in [4.69, 9.17) is 0 Å². The Morgan fingerprint density at radius 2 is 1.84 bits per heavy atom. The lowest BCUT2D eigenvalue weighted by atomic mass is 10.1. The molecule has 100 valence electrons. The summed E-state index contributed by atoms with van der Waals surface area (Å²) >= 11 is 0. The van der Waals surface area contributed by atoms with Crippen LogP contribution in [-0.4, -0.2) is 27.9 Å². The van der Waals surface area contributed by atoms with Gasteiger partial charge in [0.15, 0.2) is 0 Å². The molecule has 0 amide bonds. The van der Waals surface area contributed by atoms with Gasteiger partial charge < -0.3 is 0 Å². The third-order valence-corrected chi connectivity index (χ3v) is 2.44. The molecule has 0 unspecified atom stereocenters. The molecule has 1 aromatic carbocycles. The molecule has 0 aliphatic carbocycles. The van der Waals surface area contributed by atoms with E-state index in [2.05, 4.69) is 5.10 Å². The summed E-state index contributed by atoms with van der Waals surface area (Å²) in [5.74, 6) is -6.64. The van der Waals surface area contributed by atoms with Crippen LogP contribution in [0.1, 0.15) is 10.4 Å². The molecule has 0 aliphatic heterocycles. The van der Waals surface area contributed by atoms with Crippen molar-refractivity contribution < 1.29 is 22.4 Å². The van der Waals surface area contributed by atoms with Crippen molar-refractivity contribution >= 4 is 5.78 Å². The number of para-hydroxylation sites is 1. The molecule has 0 atom stereocenters. The highest BCUT2D eigenvalue weighted by atomic mass is 19.3. The lowest BCUT2D eigenvalue weighted by Crippen LogP contribution is -2.36. The number of carbonyl (C=O) groups is 1. The Morgan fingerprint density at radius 1 is 1.21 bits per heavy atom. The Morgan fingerprint density at radius 3 is 2.42 bits per heavy atom. The third-order valence-electron chi connectivity index (χ3n) is 2.44. The monoisotopic (exact) mass is 272 g/mol. The topological polar surface area (TPSA) is 34.9 Å². The standard InChI is InChI=1S/C12H8F4N2O/c13-11(14)12(15,16)10(19)8-6-17-18(7-8)9-4-2-1-3-5-9/h1-7,11H. The SMILES string of the molecule is O=C(c1cnn(-c2ccccc2)c1)C(F)(F)C(F)F. The van der Waals surface area contributed by atoms with E-state index < -0.39 is 23.7 Å². The Hall–Kier alpha value is -2.18. The van der Waals surface area contributed by atoms with Gasteiger partial charge in [0.1, 0.15) is 0 Å². The largest absolute Gasteiger partial charge is 0.369 e. The van der Waals surface area contributed by atoms with Crippen LogP contribution in [0.25, 0.3) is 5.69 Å². The van der Waals surface area contributed by atoms with Gasteiger partial charge in [-0.2, -0.15) is 13.9 Å². The van der Waals surface area contributed by atoms with Crippen molar-refractivity contribution in [1.82, 2.24) is 9.78 Å². The average Bonchev–Trinajstić information content (AvgIpc) is 2.88. The molecule has 1 aromatic heterocycles. The van der Waals surface area contributed by atoms with Gasteiger partial charge in [0.05, 0.1) is 17.4 Å². The van der Waals surface area contributed by atoms with Crippen LogP contribution < -0.4 is 0 Å². The van der Waals surface area contributed by atoms with E-state index in [-0.39, 0.29) is 0 Å². The molecular formula is C12H8F4N2O. The zero-order valence-electron chi connectivity index (χ0n) is 9.43. The van der Waals surface area contributed by atoms with Crippen molar-refractivity contribution in [3.63, 3.8) is 0 Å². The fourth-order valence-electron chi connectivity index (χ4n) is 1.45. The van der Waals surface area contributed by atoms with Crippen LogP contribution in [0.3, 0.4) is 0 Å². The number of benzene rings is 1. The molecule has 2 rings (SSSR count). The van der Waals surface area contributed by atoms with Gasteiger partial charge in [-0.25, -0.2) is 13.5 Å². The molecule has 1 heterocycles. The van der Waals surface area contributed by atoms with Crippen LogP contribution in [0.2, 0.25) is 0 Å². The molecule has 0 bridgehead atoms. The molecule has 0 aliphatic rings. The summed E-state index contributed by atoms with van der Waals surface area (Å²) in [7, 11) is 0. The fourth-order valence-corrected chi connectivity index (χ4v) is 1.45. The van der Waals surface area contributed by atoms with Crippen LogP contribution in [0, 0.1) is 0 Å². The molecule has 0 fully saturated rings. The minimum Gasteiger partial charge on any atom is -0.287 e. The van der Waals surface area contributed by atoms with Crippen molar-refractivity contribution in [3.8, 4) is 5.69 Å². The van der Waals surface area contributed by atoms with Gasteiger partial charge in [-0.1, -0.05) is 18.2 Å². The number of carbonyl (C=O) groups excluding carboxylic acids is 1. The highest BCUT2D eigenvalue weighted by Gasteiger charge is 2.49. The Balaban J connectivity index is 2.30. The number of alkyl halides is 4. The van der Waals surface area contributed by atoms with Crippen molar-refractivity contribution in [1.29, 1.82) is 0 Å². The summed E-state index contributed by atoms with van der Waals surface area (Å²) in [6, 6.07) is 8.38. The molecule has 0 N–H and O–H groups in total. The minimum absolute atomic E-state index is 0.530.